The Hall–Kier alpha value is -1.30. The minimum absolute atomic E-state index is 0.373. The summed E-state index contributed by atoms with van der Waals surface area (Å²) in [5.41, 5.74) is 1.33. The Morgan fingerprint density at radius 1 is 1.43 bits per heavy atom. The molecule has 1 unspecified atom stereocenters. The van der Waals surface area contributed by atoms with Crippen LogP contribution >= 0.6 is 11.5 Å². The zero-order chi connectivity index (χ0) is 14.7. The molecular weight excluding hydrogens is 280 g/mol. The minimum Gasteiger partial charge on any atom is -0.309 e. The van der Waals surface area contributed by atoms with E-state index in [9.17, 15) is 0 Å². The summed E-state index contributed by atoms with van der Waals surface area (Å²) in [5.74, 6) is 0.634. The van der Waals surface area contributed by atoms with Gasteiger partial charge in [0.15, 0.2) is 0 Å². The van der Waals surface area contributed by atoms with Crippen molar-refractivity contribution in [2.45, 2.75) is 25.4 Å². The lowest BCUT2D eigenvalue weighted by molar-refractivity contribution is 0.268. The Kier molecular flexibility index (Phi) is 4.63. The maximum absolute atomic E-state index is 4.28. The summed E-state index contributed by atoms with van der Waals surface area (Å²) in [6.07, 6.45) is 6.96. The Labute approximate surface area is 130 Å². The van der Waals surface area contributed by atoms with E-state index in [1.165, 1.54) is 16.9 Å². The van der Waals surface area contributed by atoms with Crippen LogP contribution in [-0.4, -0.2) is 34.4 Å². The fourth-order valence-electron chi connectivity index (χ4n) is 3.20. The van der Waals surface area contributed by atoms with Gasteiger partial charge in [0.1, 0.15) is 0 Å². The van der Waals surface area contributed by atoms with Crippen molar-refractivity contribution in [3.8, 4) is 0 Å². The van der Waals surface area contributed by atoms with E-state index in [4.69, 9.17) is 0 Å². The molecule has 0 aromatic carbocycles. The molecule has 3 rings (SSSR count). The molecule has 112 valence electrons. The second-order valence-electron chi connectivity index (χ2n) is 5.81. The van der Waals surface area contributed by atoms with Crippen LogP contribution in [0.5, 0.6) is 0 Å². The van der Waals surface area contributed by atoms with Gasteiger partial charge in [-0.15, -0.1) is 0 Å². The van der Waals surface area contributed by atoms with Gasteiger partial charge in [0.05, 0.1) is 0 Å². The maximum atomic E-state index is 4.28. The van der Waals surface area contributed by atoms with E-state index in [-0.39, 0.29) is 0 Å². The van der Waals surface area contributed by atoms with Crippen LogP contribution in [0.15, 0.2) is 36.8 Å². The van der Waals surface area contributed by atoms with Crippen LogP contribution in [0.25, 0.3) is 0 Å². The topological polar surface area (TPSA) is 41.0 Å². The van der Waals surface area contributed by atoms with E-state index >= 15 is 0 Å². The van der Waals surface area contributed by atoms with Crippen molar-refractivity contribution < 1.29 is 0 Å². The minimum atomic E-state index is 0.373. The predicted octanol–water partition coefficient (Wildman–Crippen LogP) is 2.88. The third-order valence-electron chi connectivity index (χ3n) is 4.37. The van der Waals surface area contributed by atoms with Crippen molar-refractivity contribution >= 4 is 11.5 Å². The first-order chi connectivity index (χ1) is 10.3. The lowest BCUT2D eigenvalue weighted by Crippen LogP contribution is -2.29. The molecule has 1 fully saturated rings. The molecule has 2 aromatic rings. The van der Waals surface area contributed by atoms with E-state index in [1.54, 1.807) is 11.5 Å². The van der Waals surface area contributed by atoms with Gasteiger partial charge in [-0.1, -0.05) is 6.07 Å². The molecule has 1 saturated heterocycles. The SMILES string of the molecule is CC(NC[C@@H]1CCN(C)[C@H]1c1cccnc1)c1ccns1. The second-order valence-corrected chi connectivity index (χ2v) is 6.67. The zero-order valence-electron chi connectivity index (χ0n) is 12.6. The van der Waals surface area contributed by atoms with Crippen LogP contribution in [0, 0.1) is 5.92 Å². The predicted molar refractivity (Wildman–Crippen MR) is 86.2 cm³/mol. The molecule has 0 aliphatic carbocycles. The number of hydrogen-bond donors (Lipinski definition) is 1. The van der Waals surface area contributed by atoms with E-state index in [1.807, 2.05) is 24.7 Å². The fraction of sp³-hybridized carbons (Fsp3) is 0.500. The largest absolute Gasteiger partial charge is 0.309 e. The molecule has 1 N–H and O–H groups in total. The van der Waals surface area contributed by atoms with Crippen molar-refractivity contribution in [1.82, 2.24) is 19.6 Å². The van der Waals surface area contributed by atoms with Crippen molar-refractivity contribution in [2.75, 3.05) is 20.1 Å². The summed E-state index contributed by atoms with van der Waals surface area (Å²) < 4.78 is 4.18. The number of aromatic nitrogens is 2. The lowest BCUT2D eigenvalue weighted by Gasteiger charge is -2.26. The van der Waals surface area contributed by atoms with Gasteiger partial charge < -0.3 is 5.32 Å². The van der Waals surface area contributed by atoms with Crippen LogP contribution in [0.4, 0.5) is 0 Å². The highest BCUT2D eigenvalue weighted by Gasteiger charge is 2.33. The summed E-state index contributed by atoms with van der Waals surface area (Å²) in [7, 11) is 2.21. The van der Waals surface area contributed by atoms with Crippen molar-refractivity contribution in [2.24, 2.45) is 5.92 Å². The van der Waals surface area contributed by atoms with Gasteiger partial charge in [-0.2, -0.15) is 0 Å². The quantitative estimate of drug-likeness (QED) is 0.922. The second kappa shape index (κ2) is 6.64. The van der Waals surface area contributed by atoms with Crippen molar-refractivity contribution in [3.05, 3.63) is 47.2 Å². The van der Waals surface area contributed by atoms with Gasteiger partial charge in [-0.3, -0.25) is 9.88 Å². The van der Waals surface area contributed by atoms with E-state index in [2.05, 4.69) is 45.7 Å². The number of nitrogens with one attached hydrogen (secondary N) is 1. The normalized spacial score (nSPS) is 24.3. The molecule has 0 radical (unpaired) electrons. The Morgan fingerprint density at radius 2 is 2.33 bits per heavy atom. The van der Waals surface area contributed by atoms with Gasteiger partial charge in [0.25, 0.3) is 0 Å². The third kappa shape index (κ3) is 3.31. The summed E-state index contributed by atoms with van der Waals surface area (Å²) in [4.78, 5) is 8.03. The smallest absolute Gasteiger partial charge is 0.0419 e. The highest BCUT2D eigenvalue weighted by Crippen LogP contribution is 2.35. The van der Waals surface area contributed by atoms with Gasteiger partial charge in [-0.05, 0) is 62.1 Å². The summed E-state index contributed by atoms with van der Waals surface area (Å²) >= 11 is 1.58. The first-order valence-corrected chi connectivity index (χ1v) is 8.27. The first-order valence-electron chi connectivity index (χ1n) is 7.50. The highest BCUT2D eigenvalue weighted by atomic mass is 32.1. The molecule has 5 heteroatoms. The van der Waals surface area contributed by atoms with Crippen molar-refractivity contribution in [3.63, 3.8) is 0 Å². The molecule has 1 aliphatic heterocycles. The molecular formula is C16H22N4S. The average Bonchev–Trinajstić information content (AvgIpc) is 3.15. The Morgan fingerprint density at radius 3 is 3.05 bits per heavy atom. The molecule has 1 aliphatic rings. The zero-order valence-corrected chi connectivity index (χ0v) is 13.4. The number of likely N-dealkylation sites (tertiary alicyclic amines) is 1. The Balaban J connectivity index is 1.64. The molecule has 0 amide bonds. The van der Waals surface area contributed by atoms with Gasteiger partial charge in [-0.25, -0.2) is 4.37 Å². The summed E-state index contributed by atoms with van der Waals surface area (Å²) in [6.45, 7) is 4.40. The van der Waals surface area contributed by atoms with Crippen LogP contribution in [0.2, 0.25) is 0 Å². The van der Waals surface area contributed by atoms with Gasteiger partial charge in [0, 0.05) is 42.1 Å². The van der Waals surface area contributed by atoms with E-state index in [0.717, 1.165) is 13.1 Å². The molecule has 4 nitrogen and oxygen atoms in total. The number of nitrogens with zero attached hydrogens (tertiary/aromatic N) is 3. The maximum Gasteiger partial charge on any atom is 0.0419 e. The van der Waals surface area contributed by atoms with Crippen LogP contribution in [0.1, 0.15) is 35.9 Å². The van der Waals surface area contributed by atoms with E-state index < -0.39 is 0 Å². The molecule has 0 spiro atoms. The summed E-state index contributed by atoms with van der Waals surface area (Å²) in [6, 6.07) is 7.17. The van der Waals surface area contributed by atoms with Gasteiger partial charge in [0.2, 0.25) is 0 Å². The third-order valence-corrected chi connectivity index (χ3v) is 5.30. The summed E-state index contributed by atoms with van der Waals surface area (Å²) in [5, 5.41) is 3.67. The Bertz CT molecular complexity index is 543. The monoisotopic (exact) mass is 302 g/mol. The molecule has 0 bridgehead atoms. The average molecular weight is 302 g/mol. The molecule has 2 aromatic heterocycles. The first kappa shape index (κ1) is 14.6. The number of hydrogen-bond acceptors (Lipinski definition) is 5. The van der Waals surface area contributed by atoms with Crippen LogP contribution < -0.4 is 5.32 Å². The number of rotatable bonds is 5. The molecule has 3 heterocycles. The molecule has 3 atom stereocenters. The van der Waals surface area contributed by atoms with Crippen molar-refractivity contribution in [1.29, 1.82) is 0 Å². The van der Waals surface area contributed by atoms with Gasteiger partial charge >= 0.3 is 0 Å². The van der Waals surface area contributed by atoms with Crippen LogP contribution in [0.3, 0.4) is 0 Å². The standard InChI is InChI=1S/C16H22N4S/c1-12(15-5-8-19-21-15)18-11-14-6-9-20(2)16(14)13-4-3-7-17-10-13/h3-5,7-8,10,12,14,16,18H,6,9,11H2,1-2H3/t12?,14-,16-/m0/s1. The van der Waals surface area contributed by atoms with E-state index in [0.29, 0.717) is 18.0 Å². The molecule has 0 saturated carbocycles. The van der Waals surface area contributed by atoms with Crippen LogP contribution in [-0.2, 0) is 0 Å². The fourth-order valence-corrected chi connectivity index (χ4v) is 3.80. The highest BCUT2D eigenvalue weighted by molar-refractivity contribution is 7.05. The molecule has 21 heavy (non-hydrogen) atoms. The lowest BCUT2D eigenvalue weighted by atomic mass is 9.94. The number of pyridine rings is 1.